The molecule has 0 aromatic carbocycles. The summed E-state index contributed by atoms with van der Waals surface area (Å²) in [7, 11) is 1.81. The number of nitrogens with one attached hydrogen (secondary N) is 1. The number of nitrogens with zero attached hydrogens (tertiary/aromatic N) is 6. The summed E-state index contributed by atoms with van der Waals surface area (Å²) >= 11 is 0. The molecule has 1 saturated heterocycles. The highest BCUT2D eigenvalue weighted by atomic mass is 16.2. The van der Waals surface area contributed by atoms with Crippen LogP contribution in [0.15, 0.2) is 48.9 Å². The van der Waals surface area contributed by atoms with Crippen LogP contribution in [0.25, 0.3) is 11.4 Å². The van der Waals surface area contributed by atoms with E-state index >= 15 is 0 Å². The largest absolute Gasteiger partial charge is 0.323 e. The lowest BCUT2D eigenvalue weighted by Crippen LogP contribution is -2.41. The van der Waals surface area contributed by atoms with E-state index < -0.39 is 0 Å². The number of rotatable bonds is 4. The quantitative estimate of drug-likeness (QED) is 0.782. The number of anilines is 1. The van der Waals surface area contributed by atoms with E-state index in [2.05, 4.69) is 20.5 Å². The van der Waals surface area contributed by atoms with Gasteiger partial charge in [0.1, 0.15) is 11.5 Å². The Morgan fingerprint density at radius 1 is 1.27 bits per heavy atom. The van der Waals surface area contributed by atoms with Gasteiger partial charge in [-0.25, -0.2) is 4.79 Å². The summed E-state index contributed by atoms with van der Waals surface area (Å²) in [5.41, 5.74) is 1.51. The molecule has 1 fully saturated rings. The van der Waals surface area contributed by atoms with Crippen LogP contribution < -0.4 is 5.32 Å². The lowest BCUT2D eigenvalue weighted by atomic mass is 10.2. The first kappa shape index (κ1) is 16.3. The molecule has 8 heteroatoms. The molecule has 1 N–H and O–H groups in total. The number of pyridine rings is 1. The maximum Gasteiger partial charge on any atom is 0.323 e. The van der Waals surface area contributed by atoms with E-state index in [-0.39, 0.29) is 12.1 Å². The van der Waals surface area contributed by atoms with Crippen LogP contribution in [0.1, 0.15) is 12.8 Å². The van der Waals surface area contributed by atoms with Crippen molar-refractivity contribution in [2.75, 3.05) is 11.9 Å². The highest BCUT2D eigenvalue weighted by Crippen LogP contribution is 2.22. The molecule has 26 heavy (non-hydrogen) atoms. The van der Waals surface area contributed by atoms with Gasteiger partial charge in [0.25, 0.3) is 0 Å². The number of aromatic nitrogens is 5. The van der Waals surface area contributed by atoms with Gasteiger partial charge in [0.2, 0.25) is 0 Å². The van der Waals surface area contributed by atoms with Crippen molar-refractivity contribution in [3.05, 3.63) is 48.9 Å². The van der Waals surface area contributed by atoms with Gasteiger partial charge in [-0.2, -0.15) is 10.2 Å². The zero-order valence-electron chi connectivity index (χ0n) is 14.6. The second kappa shape index (κ2) is 6.99. The molecule has 4 heterocycles. The van der Waals surface area contributed by atoms with Crippen LogP contribution in [0, 0.1) is 0 Å². The third-order valence-corrected chi connectivity index (χ3v) is 4.64. The van der Waals surface area contributed by atoms with E-state index in [0.29, 0.717) is 12.4 Å². The maximum atomic E-state index is 12.8. The third kappa shape index (κ3) is 3.30. The average molecular weight is 351 g/mol. The van der Waals surface area contributed by atoms with Crippen molar-refractivity contribution in [3.8, 4) is 11.4 Å². The SMILES string of the molecule is Cn1nc(-c2ccccn2)cc1NC(=O)N1CCCC1Cn1cccn1. The Kier molecular flexibility index (Phi) is 4.39. The molecule has 1 aliphatic heterocycles. The van der Waals surface area contributed by atoms with E-state index in [1.165, 1.54) is 0 Å². The molecule has 3 aromatic heterocycles. The number of aryl methyl sites for hydroxylation is 1. The Labute approximate surface area is 151 Å². The lowest BCUT2D eigenvalue weighted by Gasteiger charge is -2.24. The maximum absolute atomic E-state index is 12.8. The van der Waals surface area contributed by atoms with Gasteiger partial charge in [-0.3, -0.25) is 19.7 Å². The lowest BCUT2D eigenvalue weighted by molar-refractivity contribution is 0.199. The van der Waals surface area contributed by atoms with Crippen molar-refractivity contribution in [2.24, 2.45) is 7.05 Å². The molecular weight excluding hydrogens is 330 g/mol. The Bertz CT molecular complexity index is 872. The van der Waals surface area contributed by atoms with E-state index in [1.54, 1.807) is 17.1 Å². The third-order valence-electron chi connectivity index (χ3n) is 4.64. The second-order valence-corrected chi connectivity index (χ2v) is 6.40. The normalized spacial score (nSPS) is 16.8. The van der Waals surface area contributed by atoms with Crippen LogP contribution in [0.4, 0.5) is 10.6 Å². The molecule has 4 rings (SSSR count). The van der Waals surface area contributed by atoms with Crippen LogP contribution in [0.5, 0.6) is 0 Å². The minimum Gasteiger partial charge on any atom is -0.320 e. The van der Waals surface area contributed by atoms with Crippen LogP contribution in [0.2, 0.25) is 0 Å². The number of hydrogen-bond acceptors (Lipinski definition) is 4. The number of carbonyl (C=O) groups is 1. The first-order chi connectivity index (χ1) is 12.7. The van der Waals surface area contributed by atoms with E-state index in [4.69, 9.17) is 0 Å². The summed E-state index contributed by atoms with van der Waals surface area (Å²) in [6.45, 7) is 1.47. The number of likely N-dealkylation sites (tertiary alicyclic amines) is 1. The zero-order valence-corrected chi connectivity index (χ0v) is 14.6. The average Bonchev–Trinajstić information content (AvgIpc) is 3.39. The minimum absolute atomic E-state index is 0.102. The van der Waals surface area contributed by atoms with Gasteiger partial charge in [-0.1, -0.05) is 6.07 Å². The Hall–Kier alpha value is -3.16. The topological polar surface area (TPSA) is 80.9 Å². The van der Waals surface area contributed by atoms with E-state index in [0.717, 1.165) is 30.8 Å². The number of amides is 2. The van der Waals surface area contributed by atoms with Crippen molar-refractivity contribution < 1.29 is 4.79 Å². The molecule has 1 atom stereocenters. The summed E-state index contributed by atoms with van der Waals surface area (Å²) in [6.07, 6.45) is 7.40. The van der Waals surface area contributed by atoms with Crippen molar-refractivity contribution in [1.82, 2.24) is 29.4 Å². The van der Waals surface area contributed by atoms with Gasteiger partial charge < -0.3 is 4.90 Å². The fraction of sp³-hybridized carbons (Fsp3) is 0.333. The number of carbonyl (C=O) groups excluding carboxylic acids is 1. The van der Waals surface area contributed by atoms with Crippen molar-refractivity contribution in [2.45, 2.75) is 25.4 Å². The first-order valence-corrected chi connectivity index (χ1v) is 8.71. The molecule has 2 amide bonds. The summed E-state index contributed by atoms with van der Waals surface area (Å²) in [5.74, 6) is 0.653. The van der Waals surface area contributed by atoms with Gasteiger partial charge >= 0.3 is 6.03 Å². The molecule has 1 aliphatic rings. The monoisotopic (exact) mass is 351 g/mol. The minimum atomic E-state index is -0.102. The Balaban J connectivity index is 1.47. The van der Waals surface area contributed by atoms with Crippen molar-refractivity contribution in [1.29, 1.82) is 0 Å². The second-order valence-electron chi connectivity index (χ2n) is 6.40. The van der Waals surface area contributed by atoms with Crippen LogP contribution in [-0.2, 0) is 13.6 Å². The van der Waals surface area contributed by atoms with Crippen LogP contribution >= 0.6 is 0 Å². The summed E-state index contributed by atoms with van der Waals surface area (Å²) in [4.78, 5) is 19.0. The Morgan fingerprint density at radius 3 is 2.96 bits per heavy atom. The molecule has 3 aromatic rings. The van der Waals surface area contributed by atoms with Gasteiger partial charge in [0.15, 0.2) is 0 Å². The van der Waals surface area contributed by atoms with E-state index in [9.17, 15) is 4.79 Å². The molecule has 8 nitrogen and oxygen atoms in total. The molecule has 0 bridgehead atoms. The fourth-order valence-corrected chi connectivity index (χ4v) is 3.32. The summed E-state index contributed by atoms with van der Waals surface area (Å²) in [5, 5.41) is 11.7. The summed E-state index contributed by atoms with van der Waals surface area (Å²) in [6, 6.07) is 9.47. The van der Waals surface area contributed by atoms with Gasteiger partial charge in [-0.05, 0) is 31.0 Å². The van der Waals surface area contributed by atoms with Crippen molar-refractivity contribution >= 4 is 11.8 Å². The molecular formula is C18H21N7O. The zero-order chi connectivity index (χ0) is 17.9. The Morgan fingerprint density at radius 2 is 2.19 bits per heavy atom. The molecule has 0 spiro atoms. The molecule has 0 saturated carbocycles. The van der Waals surface area contributed by atoms with Gasteiger partial charge in [-0.15, -0.1) is 0 Å². The first-order valence-electron chi connectivity index (χ1n) is 8.71. The smallest absolute Gasteiger partial charge is 0.320 e. The van der Waals surface area contributed by atoms with Crippen LogP contribution in [-0.4, -0.2) is 48.1 Å². The van der Waals surface area contributed by atoms with Crippen LogP contribution in [0.3, 0.4) is 0 Å². The predicted octanol–water partition coefficient (Wildman–Crippen LogP) is 2.38. The van der Waals surface area contributed by atoms with Crippen molar-refractivity contribution in [3.63, 3.8) is 0 Å². The molecule has 1 unspecified atom stereocenters. The highest BCUT2D eigenvalue weighted by molar-refractivity contribution is 5.89. The van der Waals surface area contributed by atoms with Gasteiger partial charge in [0, 0.05) is 38.2 Å². The fourth-order valence-electron chi connectivity index (χ4n) is 3.32. The summed E-state index contributed by atoms with van der Waals surface area (Å²) < 4.78 is 3.54. The number of hydrogen-bond donors (Lipinski definition) is 1. The predicted molar refractivity (Wildman–Crippen MR) is 97.4 cm³/mol. The van der Waals surface area contributed by atoms with E-state index in [1.807, 2.05) is 53.2 Å². The molecule has 0 aliphatic carbocycles. The molecule has 0 radical (unpaired) electrons. The highest BCUT2D eigenvalue weighted by Gasteiger charge is 2.29. The van der Waals surface area contributed by atoms with Gasteiger partial charge in [0.05, 0.1) is 18.3 Å². The standard InChI is InChI=1S/C18H21N7O/c1-23-17(12-16(22-23)15-7-2-3-8-19-15)21-18(26)25-11-4-6-14(25)13-24-10-5-9-20-24/h2-3,5,7-10,12,14H,4,6,11,13H2,1H3,(H,21,26). The number of urea groups is 1. The molecule has 134 valence electrons.